The number of carbonyl (C=O) groups is 1. The quantitative estimate of drug-likeness (QED) is 0.677. The summed E-state index contributed by atoms with van der Waals surface area (Å²) in [7, 11) is 3.07. The Labute approximate surface area is 174 Å². The van der Waals surface area contributed by atoms with Gasteiger partial charge in [0.05, 0.1) is 43.4 Å². The first-order chi connectivity index (χ1) is 14.6. The lowest BCUT2D eigenvalue weighted by Crippen LogP contribution is -2.30. The number of benzene rings is 2. The number of fused-ring (bicyclic) bond motifs is 1. The smallest absolute Gasteiger partial charge is 0.274 e. The molecule has 0 spiro atoms. The maximum absolute atomic E-state index is 13.0. The van der Waals surface area contributed by atoms with Gasteiger partial charge in [-0.3, -0.25) is 9.59 Å². The maximum Gasteiger partial charge on any atom is 0.274 e. The van der Waals surface area contributed by atoms with Crippen LogP contribution < -0.4 is 20.3 Å². The zero-order valence-electron chi connectivity index (χ0n) is 17.2. The molecule has 0 atom stereocenters. The van der Waals surface area contributed by atoms with Crippen molar-refractivity contribution in [2.75, 3.05) is 14.2 Å². The van der Waals surface area contributed by atoms with Crippen LogP contribution in [0.2, 0.25) is 0 Å². The Morgan fingerprint density at radius 2 is 1.83 bits per heavy atom. The van der Waals surface area contributed by atoms with Crippen LogP contribution in [-0.4, -0.2) is 29.9 Å². The number of amides is 1. The molecule has 30 heavy (non-hydrogen) atoms. The summed E-state index contributed by atoms with van der Waals surface area (Å²) in [4.78, 5) is 25.8. The highest BCUT2D eigenvalue weighted by Gasteiger charge is 2.22. The molecule has 3 aromatic rings. The molecule has 156 valence electrons. The normalized spacial score (nSPS) is 14.1. The molecule has 4 rings (SSSR count). The number of rotatable bonds is 6. The average molecular weight is 407 g/mol. The predicted octanol–water partition coefficient (Wildman–Crippen LogP) is 3.46. The van der Waals surface area contributed by atoms with Crippen LogP contribution in [-0.2, 0) is 6.54 Å². The fourth-order valence-corrected chi connectivity index (χ4v) is 4.05. The van der Waals surface area contributed by atoms with E-state index in [0.717, 1.165) is 31.1 Å². The van der Waals surface area contributed by atoms with Gasteiger partial charge >= 0.3 is 0 Å². The van der Waals surface area contributed by atoms with Crippen molar-refractivity contribution < 1.29 is 14.3 Å². The minimum Gasteiger partial charge on any atom is -0.497 e. The third-order valence-electron chi connectivity index (χ3n) is 5.65. The van der Waals surface area contributed by atoms with Crippen molar-refractivity contribution in [2.45, 2.75) is 38.3 Å². The number of nitrogens with one attached hydrogen (secondary N) is 1. The number of aromatic nitrogens is 2. The molecule has 0 aliphatic heterocycles. The van der Waals surface area contributed by atoms with E-state index >= 15 is 0 Å². The van der Waals surface area contributed by atoms with E-state index in [1.165, 1.54) is 7.11 Å². The van der Waals surface area contributed by atoms with Crippen LogP contribution in [0.3, 0.4) is 0 Å². The van der Waals surface area contributed by atoms with E-state index in [9.17, 15) is 9.59 Å². The largest absolute Gasteiger partial charge is 0.497 e. The molecule has 1 amide bonds. The van der Waals surface area contributed by atoms with Crippen molar-refractivity contribution in [3.8, 4) is 11.5 Å². The molecule has 1 heterocycles. The van der Waals surface area contributed by atoms with Crippen LogP contribution in [0, 0.1) is 0 Å². The molecule has 0 bridgehead atoms. The monoisotopic (exact) mass is 407 g/mol. The van der Waals surface area contributed by atoms with Gasteiger partial charge in [-0.1, -0.05) is 31.0 Å². The maximum atomic E-state index is 13.0. The van der Waals surface area contributed by atoms with Gasteiger partial charge in [0.2, 0.25) is 0 Å². The van der Waals surface area contributed by atoms with Crippen LogP contribution in [0.5, 0.6) is 11.5 Å². The topological polar surface area (TPSA) is 82.5 Å². The van der Waals surface area contributed by atoms with Crippen LogP contribution in [0.1, 0.15) is 47.8 Å². The van der Waals surface area contributed by atoms with Gasteiger partial charge in [-0.2, -0.15) is 5.10 Å². The van der Waals surface area contributed by atoms with E-state index in [1.54, 1.807) is 30.0 Å². The molecule has 1 saturated carbocycles. The minimum absolute atomic E-state index is 0.0654. The Morgan fingerprint density at radius 1 is 1.10 bits per heavy atom. The van der Waals surface area contributed by atoms with Gasteiger partial charge in [0.1, 0.15) is 11.5 Å². The van der Waals surface area contributed by atoms with Crippen LogP contribution in [0.15, 0.2) is 47.3 Å². The Hall–Kier alpha value is -3.35. The highest BCUT2D eigenvalue weighted by molar-refractivity contribution is 5.97. The zero-order valence-corrected chi connectivity index (χ0v) is 17.2. The summed E-state index contributed by atoms with van der Waals surface area (Å²) in [6.45, 7) is 0.210. The molecule has 1 aliphatic carbocycles. The predicted molar refractivity (Wildman–Crippen MR) is 114 cm³/mol. The van der Waals surface area contributed by atoms with E-state index in [1.807, 2.05) is 24.3 Å². The molecule has 1 aromatic heterocycles. The van der Waals surface area contributed by atoms with Crippen LogP contribution in [0.25, 0.3) is 10.8 Å². The van der Waals surface area contributed by atoms with E-state index in [0.29, 0.717) is 28.1 Å². The Balaban J connectivity index is 1.65. The van der Waals surface area contributed by atoms with Crippen LogP contribution in [0.4, 0.5) is 0 Å². The number of carbonyl (C=O) groups excluding carboxylic acids is 1. The number of nitrogens with zero attached hydrogens (tertiary/aromatic N) is 2. The van der Waals surface area contributed by atoms with E-state index in [-0.39, 0.29) is 24.1 Å². The molecule has 1 aliphatic rings. The molecule has 1 fully saturated rings. The zero-order chi connectivity index (χ0) is 21.1. The first kappa shape index (κ1) is 19.9. The standard InChI is InChI=1S/C23H25N3O4/c1-29-16-11-12-19(21(13-16)30-2)22(27)24-14-20-17-9-5-6-10-18(17)23(28)26(25-20)15-7-3-4-8-15/h5-6,9-13,15H,3-4,7-8,14H2,1-2H3,(H,24,27). The van der Waals surface area contributed by atoms with Crippen molar-refractivity contribution in [3.63, 3.8) is 0 Å². The summed E-state index contributed by atoms with van der Waals surface area (Å²) in [5, 5.41) is 8.97. The van der Waals surface area contributed by atoms with E-state index < -0.39 is 0 Å². The Morgan fingerprint density at radius 3 is 2.53 bits per heavy atom. The van der Waals surface area contributed by atoms with Gasteiger partial charge in [0, 0.05) is 11.5 Å². The van der Waals surface area contributed by atoms with Gasteiger partial charge in [0.15, 0.2) is 0 Å². The van der Waals surface area contributed by atoms with Gasteiger partial charge in [-0.15, -0.1) is 0 Å². The molecule has 2 aromatic carbocycles. The minimum atomic E-state index is -0.279. The molecule has 0 unspecified atom stereocenters. The lowest BCUT2D eigenvalue weighted by molar-refractivity contribution is 0.0947. The van der Waals surface area contributed by atoms with E-state index in [2.05, 4.69) is 10.4 Å². The lowest BCUT2D eigenvalue weighted by Gasteiger charge is -2.16. The highest BCUT2D eigenvalue weighted by Crippen LogP contribution is 2.28. The second-order valence-corrected chi connectivity index (χ2v) is 7.43. The summed E-state index contributed by atoms with van der Waals surface area (Å²) in [6, 6.07) is 12.6. The van der Waals surface area contributed by atoms with Gasteiger partial charge < -0.3 is 14.8 Å². The summed E-state index contributed by atoms with van der Waals surface area (Å²) in [5.41, 5.74) is 1.02. The fraction of sp³-hybridized carbons (Fsp3) is 0.348. The summed E-state index contributed by atoms with van der Waals surface area (Å²) in [6.07, 6.45) is 4.13. The van der Waals surface area contributed by atoms with Crippen molar-refractivity contribution in [2.24, 2.45) is 0 Å². The highest BCUT2D eigenvalue weighted by atomic mass is 16.5. The number of ether oxygens (including phenoxy) is 2. The first-order valence-corrected chi connectivity index (χ1v) is 10.1. The average Bonchev–Trinajstić information content (AvgIpc) is 3.32. The van der Waals surface area contributed by atoms with Crippen molar-refractivity contribution in [3.05, 3.63) is 64.1 Å². The van der Waals surface area contributed by atoms with Gasteiger partial charge in [-0.25, -0.2) is 4.68 Å². The molecule has 0 saturated heterocycles. The molecular weight excluding hydrogens is 382 g/mol. The Kier molecular flexibility index (Phi) is 5.70. The number of methoxy groups -OCH3 is 2. The summed E-state index contributed by atoms with van der Waals surface area (Å²) < 4.78 is 12.1. The second kappa shape index (κ2) is 8.57. The van der Waals surface area contributed by atoms with E-state index in [4.69, 9.17) is 9.47 Å². The summed E-state index contributed by atoms with van der Waals surface area (Å²) >= 11 is 0. The molecule has 7 nitrogen and oxygen atoms in total. The molecule has 7 heteroatoms. The molecule has 0 radical (unpaired) electrons. The second-order valence-electron chi connectivity index (χ2n) is 7.43. The van der Waals surface area contributed by atoms with Gasteiger partial charge in [0.25, 0.3) is 11.5 Å². The first-order valence-electron chi connectivity index (χ1n) is 10.1. The van der Waals surface area contributed by atoms with Crippen LogP contribution >= 0.6 is 0 Å². The Bertz CT molecular complexity index is 1130. The third-order valence-corrected chi connectivity index (χ3v) is 5.65. The van der Waals surface area contributed by atoms with Crippen molar-refractivity contribution in [1.29, 1.82) is 0 Å². The number of hydrogen-bond donors (Lipinski definition) is 1. The number of hydrogen-bond acceptors (Lipinski definition) is 5. The SMILES string of the molecule is COc1ccc(C(=O)NCc2nn(C3CCCC3)c(=O)c3ccccc23)c(OC)c1. The third kappa shape index (κ3) is 3.75. The fourth-order valence-electron chi connectivity index (χ4n) is 4.05. The molecule has 1 N–H and O–H groups in total. The van der Waals surface area contributed by atoms with Crippen molar-refractivity contribution >= 4 is 16.7 Å². The van der Waals surface area contributed by atoms with Crippen molar-refractivity contribution in [1.82, 2.24) is 15.1 Å². The lowest BCUT2D eigenvalue weighted by atomic mass is 10.1. The van der Waals surface area contributed by atoms with Gasteiger partial charge in [-0.05, 0) is 31.0 Å². The molecular formula is C23H25N3O4. The summed E-state index contributed by atoms with van der Waals surface area (Å²) in [5.74, 6) is 0.763.